The zero-order chi connectivity index (χ0) is 24.0. The fourth-order valence-electron chi connectivity index (χ4n) is 5.02. The van der Waals surface area contributed by atoms with E-state index >= 15 is 0 Å². The summed E-state index contributed by atoms with van der Waals surface area (Å²) in [6.45, 7) is 13.1. The SMILES string of the molecule is COC(=O)C[C@H]1C2CN(C(=O)c3cc4nc(Cl)cc(N(CC(C)C)[C@H](C)C(C)C)n4n3)C[C@H]21. The molecular formula is C24H34ClN5O3. The molecule has 33 heavy (non-hydrogen) atoms. The van der Waals surface area contributed by atoms with Crippen molar-refractivity contribution in [1.29, 1.82) is 0 Å². The van der Waals surface area contributed by atoms with Crippen molar-refractivity contribution in [3.8, 4) is 0 Å². The highest BCUT2D eigenvalue weighted by atomic mass is 35.5. The molecule has 1 aliphatic carbocycles. The van der Waals surface area contributed by atoms with Gasteiger partial charge < -0.3 is 14.5 Å². The molecule has 0 aromatic carbocycles. The maximum Gasteiger partial charge on any atom is 0.305 e. The first kappa shape index (κ1) is 23.8. The molecule has 0 N–H and O–H groups in total. The Kier molecular flexibility index (Phi) is 6.58. The van der Waals surface area contributed by atoms with Crippen molar-refractivity contribution in [2.24, 2.45) is 29.6 Å². The molecule has 2 aliphatic rings. The smallest absolute Gasteiger partial charge is 0.305 e. The molecule has 4 rings (SSSR count). The molecule has 2 fully saturated rings. The minimum atomic E-state index is -0.176. The van der Waals surface area contributed by atoms with E-state index in [9.17, 15) is 9.59 Å². The average molecular weight is 476 g/mol. The third-order valence-corrected chi connectivity index (χ3v) is 7.39. The van der Waals surface area contributed by atoms with Crippen LogP contribution in [0.2, 0.25) is 5.15 Å². The molecule has 1 saturated heterocycles. The van der Waals surface area contributed by atoms with Gasteiger partial charge >= 0.3 is 5.97 Å². The Morgan fingerprint density at radius 3 is 2.42 bits per heavy atom. The number of anilines is 1. The van der Waals surface area contributed by atoms with E-state index < -0.39 is 0 Å². The van der Waals surface area contributed by atoms with Gasteiger partial charge in [0.15, 0.2) is 11.3 Å². The molecule has 1 saturated carbocycles. The number of esters is 1. The second-order valence-electron chi connectivity index (χ2n) is 10.2. The molecule has 2 aromatic rings. The average Bonchev–Trinajstić information content (AvgIpc) is 3.12. The highest BCUT2D eigenvalue weighted by Gasteiger charge is 2.57. The molecule has 180 valence electrons. The summed E-state index contributed by atoms with van der Waals surface area (Å²) >= 11 is 6.39. The summed E-state index contributed by atoms with van der Waals surface area (Å²) in [4.78, 5) is 33.4. The molecule has 8 nitrogen and oxygen atoms in total. The molecule has 0 radical (unpaired) electrons. The van der Waals surface area contributed by atoms with Crippen molar-refractivity contribution in [3.05, 3.63) is 23.0 Å². The van der Waals surface area contributed by atoms with E-state index in [4.69, 9.17) is 16.3 Å². The molecule has 2 aromatic heterocycles. The lowest BCUT2D eigenvalue weighted by Gasteiger charge is -2.35. The van der Waals surface area contributed by atoms with Gasteiger partial charge in [0, 0.05) is 44.2 Å². The highest BCUT2D eigenvalue weighted by molar-refractivity contribution is 6.29. The third kappa shape index (κ3) is 4.67. The summed E-state index contributed by atoms with van der Waals surface area (Å²) in [7, 11) is 1.42. The molecular weight excluding hydrogens is 442 g/mol. The molecule has 9 heteroatoms. The van der Waals surface area contributed by atoms with Crippen LogP contribution < -0.4 is 4.90 Å². The molecule has 4 atom stereocenters. The Hall–Kier alpha value is -2.35. The van der Waals surface area contributed by atoms with Crippen molar-refractivity contribution in [3.63, 3.8) is 0 Å². The molecule has 1 aliphatic heterocycles. The number of methoxy groups -OCH3 is 1. The van der Waals surface area contributed by atoms with Gasteiger partial charge in [-0.3, -0.25) is 9.59 Å². The van der Waals surface area contributed by atoms with E-state index in [0.717, 1.165) is 12.4 Å². The normalized spacial score (nSPS) is 22.7. The number of hydrogen-bond donors (Lipinski definition) is 0. The van der Waals surface area contributed by atoms with Crippen molar-refractivity contribution in [2.45, 2.75) is 47.1 Å². The van der Waals surface area contributed by atoms with Crippen LogP contribution in [0.1, 0.15) is 51.5 Å². The predicted molar refractivity (Wildman–Crippen MR) is 127 cm³/mol. The number of rotatable bonds is 8. The first-order valence-electron chi connectivity index (χ1n) is 11.8. The van der Waals surface area contributed by atoms with Crippen LogP contribution in [0.15, 0.2) is 12.1 Å². The number of carbonyl (C=O) groups is 2. The molecule has 1 amide bonds. The zero-order valence-corrected chi connectivity index (χ0v) is 21.0. The Morgan fingerprint density at radius 2 is 1.85 bits per heavy atom. The van der Waals surface area contributed by atoms with Gasteiger partial charge in [0.1, 0.15) is 11.0 Å². The summed E-state index contributed by atoms with van der Waals surface area (Å²) in [5, 5.41) is 5.06. The topological polar surface area (TPSA) is 80.0 Å². The summed E-state index contributed by atoms with van der Waals surface area (Å²) in [5.41, 5.74) is 0.942. The largest absolute Gasteiger partial charge is 0.469 e. The zero-order valence-electron chi connectivity index (χ0n) is 20.3. The molecule has 0 spiro atoms. The minimum absolute atomic E-state index is 0.0982. The van der Waals surface area contributed by atoms with Gasteiger partial charge in [0.2, 0.25) is 0 Å². The van der Waals surface area contributed by atoms with Gasteiger partial charge in [-0.1, -0.05) is 39.3 Å². The number of nitrogens with zero attached hydrogens (tertiary/aromatic N) is 5. The number of amides is 1. The number of likely N-dealkylation sites (tertiary alicyclic amines) is 1. The Morgan fingerprint density at radius 1 is 1.18 bits per heavy atom. The van der Waals surface area contributed by atoms with Crippen LogP contribution in [-0.2, 0) is 9.53 Å². The maximum absolute atomic E-state index is 13.2. The number of fused-ring (bicyclic) bond motifs is 2. The predicted octanol–water partition coefficient (Wildman–Crippen LogP) is 3.77. The van der Waals surface area contributed by atoms with Crippen molar-refractivity contribution in [2.75, 3.05) is 31.6 Å². The first-order chi connectivity index (χ1) is 15.6. The van der Waals surface area contributed by atoms with Crippen LogP contribution in [0.4, 0.5) is 5.82 Å². The molecule has 1 unspecified atom stereocenters. The molecule has 3 heterocycles. The van der Waals surface area contributed by atoms with Crippen molar-refractivity contribution in [1.82, 2.24) is 19.5 Å². The lowest BCUT2D eigenvalue weighted by atomic mass is 10.0. The fourth-order valence-corrected chi connectivity index (χ4v) is 5.20. The highest BCUT2D eigenvalue weighted by Crippen LogP contribution is 2.53. The fraction of sp³-hybridized carbons (Fsp3) is 0.667. The van der Waals surface area contributed by atoms with Crippen molar-refractivity contribution >= 4 is 34.9 Å². The summed E-state index contributed by atoms with van der Waals surface area (Å²) in [5.74, 6) is 2.53. The lowest BCUT2D eigenvalue weighted by Crippen LogP contribution is -2.40. The number of halogens is 1. The second kappa shape index (κ2) is 9.12. The Bertz CT molecular complexity index is 1040. The van der Waals surface area contributed by atoms with Gasteiger partial charge in [-0.15, -0.1) is 0 Å². The van der Waals surface area contributed by atoms with Crippen LogP contribution in [-0.4, -0.2) is 64.2 Å². The van der Waals surface area contributed by atoms with Crippen LogP contribution in [0.3, 0.4) is 0 Å². The van der Waals surface area contributed by atoms with E-state index in [1.54, 1.807) is 10.6 Å². The van der Waals surface area contributed by atoms with Gasteiger partial charge in [-0.25, -0.2) is 4.98 Å². The number of ether oxygens (including phenoxy) is 1. The summed E-state index contributed by atoms with van der Waals surface area (Å²) in [6, 6.07) is 3.82. The Balaban J connectivity index is 1.57. The standard InChI is InChI=1S/C24H34ClN5O3/c1-13(2)10-29(15(5)14(3)4)22-9-20(25)26-21-8-19(27-30(21)22)24(32)28-11-17-16(18(17)12-28)7-23(31)33-6/h8-9,13-18H,7,10-12H2,1-6H3/t15-,16-,17+,18?/m1/s1. The van der Waals surface area contributed by atoms with Gasteiger partial charge in [-0.05, 0) is 36.5 Å². The van der Waals surface area contributed by atoms with E-state index in [0.29, 0.717) is 65.6 Å². The maximum atomic E-state index is 13.2. The van der Waals surface area contributed by atoms with E-state index in [2.05, 4.69) is 49.6 Å². The second-order valence-corrected chi connectivity index (χ2v) is 10.6. The van der Waals surface area contributed by atoms with Gasteiger partial charge in [-0.2, -0.15) is 9.61 Å². The lowest BCUT2D eigenvalue weighted by molar-refractivity contribution is -0.141. The third-order valence-electron chi connectivity index (χ3n) is 7.20. The van der Waals surface area contributed by atoms with Crippen LogP contribution >= 0.6 is 11.6 Å². The van der Waals surface area contributed by atoms with Crippen LogP contribution in [0, 0.1) is 29.6 Å². The number of aromatic nitrogens is 3. The quantitative estimate of drug-likeness (QED) is 0.427. The molecule has 0 bridgehead atoms. The summed E-state index contributed by atoms with van der Waals surface area (Å²) < 4.78 is 6.53. The monoisotopic (exact) mass is 475 g/mol. The first-order valence-corrected chi connectivity index (χ1v) is 12.2. The summed E-state index contributed by atoms with van der Waals surface area (Å²) in [6.07, 6.45) is 0.438. The van der Waals surface area contributed by atoms with Crippen molar-refractivity contribution < 1.29 is 14.3 Å². The minimum Gasteiger partial charge on any atom is -0.469 e. The van der Waals surface area contributed by atoms with E-state index in [1.165, 1.54) is 7.11 Å². The number of hydrogen-bond acceptors (Lipinski definition) is 6. The number of carbonyl (C=O) groups excluding carboxylic acids is 2. The van der Waals surface area contributed by atoms with E-state index in [1.807, 2.05) is 11.0 Å². The van der Waals surface area contributed by atoms with Crippen LogP contribution in [0.5, 0.6) is 0 Å². The van der Waals surface area contributed by atoms with Crippen LogP contribution in [0.25, 0.3) is 5.65 Å². The number of piperidine rings is 1. The Labute approximate surface area is 200 Å². The van der Waals surface area contributed by atoms with Gasteiger partial charge in [0.25, 0.3) is 5.91 Å². The van der Waals surface area contributed by atoms with Gasteiger partial charge in [0.05, 0.1) is 7.11 Å². The van der Waals surface area contributed by atoms with E-state index in [-0.39, 0.29) is 17.9 Å².